The lowest BCUT2D eigenvalue weighted by Gasteiger charge is -2.45. The van der Waals surface area contributed by atoms with Gasteiger partial charge in [0.2, 0.25) is 0 Å². The summed E-state index contributed by atoms with van der Waals surface area (Å²) in [7, 11) is 0. The minimum Gasteiger partial charge on any atom is -0.412 e. The fourth-order valence-corrected chi connectivity index (χ4v) is 2.57. The first-order valence-corrected chi connectivity index (χ1v) is 7.08. The quantitative estimate of drug-likeness (QED) is 0.214. The second-order valence-corrected chi connectivity index (χ2v) is 5.53. The number of halogens is 1. The molecule has 2 aliphatic heterocycles. The molecular formula is C12H27ClO13. The van der Waals surface area contributed by atoms with Crippen LogP contribution >= 0.6 is 12.4 Å². The Hall–Kier alpha value is -0.230. The van der Waals surface area contributed by atoms with E-state index in [0.29, 0.717) is 0 Å². The third-order valence-electron chi connectivity index (χ3n) is 3.98. The smallest absolute Gasteiger partial charge is 0.187 e. The predicted molar refractivity (Wildman–Crippen MR) is 83.1 cm³/mol. The molecule has 0 radical (unpaired) electrons. The van der Waals surface area contributed by atoms with Gasteiger partial charge in [-0.2, -0.15) is 0 Å². The normalized spacial score (nSPS) is 45.7. The van der Waals surface area contributed by atoms with Crippen molar-refractivity contribution in [2.75, 3.05) is 13.2 Å². The molecule has 1 unspecified atom stereocenters. The van der Waals surface area contributed by atoms with E-state index in [-0.39, 0.29) is 23.4 Å². The van der Waals surface area contributed by atoms with Crippen molar-refractivity contribution in [3.05, 3.63) is 0 Å². The Kier molecular flexibility index (Phi) is 12.5. The maximum atomic E-state index is 9.94. The predicted octanol–water partition coefficient (Wildman–Crippen LogP) is -6.62. The zero-order valence-corrected chi connectivity index (χ0v) is 14.2. The van der Waals surface area contributed by atoms with Crippen LogP contribution in [0.2, 0.25) is 0 Å². The Morgan fingerprint density at radius 2 is 1.19 bits per heavy atom. The number of ether oxygens (including phenoxy) is 3. The maximum Gasteiger partial charge on any atom is 0.187 e. The third kappa shape index (κ3) is 5.40. The summed E-state index contributed by atoms with van der Waals surface area (Å²) >= 11 is 0. The van der Waals surface area contributed by atoms with E-state index in [4.69, 9.17) is 19.3 Å². The van der Waals surface area contributed by atoms with Gasteiger partial charge in [-0.1, -0.05) is 0 Å². The van der Waals surface area contributed by atoms with Crippen molar-refractivity contribution in [2.45, 2.75) is 61.4 Å². The topological polar surface area (TPSA) is 253 Å². The van der Waals surface area contributed by atoms with Crippen LogP contribution in [0.1, 0.15) is 0 Å². The van der Waals surface area contributed by atoms with Gasteiger partial charge in [-0.15, -0.1) is 12.4 Å². The Balaban J connectivity index is 0. The van der Waals surface area contributed by atoms with Gasteiger partial charge < -0.3 is 66.0 Å². The summed E-state index contributed by atoms with van der Waals surface area (Å²) in [5.74, 6) is 0. The van der Waals surface area contributed by atoms with Gasteiger partial charge in [0.15, 0.2) is 12.6 Å². The van der Waals surface area contributed by atoms with E-state index < -0.39 is 74.6 Å². The standard InChI is InChI=1S/C12H22O11.ClH.2H2O/c13-1-3-5(15)6(16)9(19)12(22-3)23-10-4(2-14)21-11(20)8(18)7(10)17;;;/h3-20H,1-2H2;1H;2*1H2/t3-,4-,5+,6+,7-,8-,9-,10-,11?,12+;;;/m1.../s1. The molecule has 0 amide bonds. The largest absolute Gasteiger partial charge is 0.412 e. The van der Waals surface area contributed by atoms with Crippen LogP contribution in [0.25, 0.3) is 0 Å². The molecule has 0 bridgehead atoms. The molecular weight excluding hydrogens is 388 g/mol. The average molecular weight is 415 g/mol. The van der Waals surface area contributed by atoms with Crippen molar-refractivity contribution in [1.82, 2.24) is 0 Å². The molecule has 12 N–H and O–H groups in total. The van der Waals surface area contributed by atoms with Crippen molar-refractivity contribution in [3.8, 4) is 0 Å². The van der Waals surface area contributed by atoms with Crippen LogP contribution in [-0.4, -0.2) is 126 Å². The van der Waals surface area contributed by atoms with E-state index >= 15 is 0 Å². The van der Waals surface area contributed by atoms with Crippen LogP contribution < -0.4 is 0 Å². The molecule has 14 heteroatoms. The lowest BCUT2D eigenvalue weighted by Crippen LogP contribution is -2.64. The lowest BCUT2D eigenvalue weighted by atomic mass is 9.97. The molecule has 160 valence electrons. The van der Waals surface area contributed by atoms with Crippen LogP contribution in [0.4, 0.5) is 0 Å². The van der Waals surface area contributed by atoms with Crippen LogP contribution in [0, 0.1) is 0 Å². The summed E-state index contributed by atoms with van der Waals surface area (Å²) in [6, 6.07) is 0. The molecule has 2 heterocycles. The van der Waals surface area contributed by atoms with Gasteiger partial charge in [-0.3, -0.25) is 0 Å². The van der Waals surface area contributed by atoms with Gasteiger partial charge in [-0.25, -0.2) is 0 Å². The number of hydrogen-bond acceptors (Lipinski definition) is 11. The molecule has 13 nitrogen and oxygen atoms in total. The maximum absolute atomic E-state index is 9.94. The van der Waals surface area contributed by atoms with Gasteiger partial charge >= 0.3 is 0 Å². The van der Waals surface area contributed by atoms with Gasteiger partial charge in [-0.05, 0) is 0 Å². The van der Waals surface area contributed by atoms with Gasteiger partial charge in [0.1, 0.15) is 48.8 Å². The summed E-state index contributed by atoms with van der Waals surface area (Å²) in [6.07, 6.45) is -15.6. The highest BCUT2D eigenvalue weighted by molar-refractivity contribution is 5.85. The highest BCUT2D eigenvalue weighted by Gasteiger charge is 2.50. The molecule has 2 saturated heterocycles. The number of hydrogen-bond donors (Lipinski definition) is 8. The molecule has 0 spiro atoms. The first-order chi connectivity index (χ1) is 10.8. The number of aliphatic hydroxyl groups excluding tert-OH is 8. The van der Waals surface area contributed by atoms with E-state index in [9.17, 15) is 35.7 Å². The van der Waals surface area contributed by atoms with Crippen LogP contribution in [0.15, 0.2) is 0 Å². The number of rotatable bonds is 4. The fraction of sp³-hybridized carbons (Fsp3) is 1.00. The van der Waals surface area contributed by atoms with Crippen LogP contribution in [0.5, 0.6) is 0 Å². The molecule has 10 atom stereocenters. The molecule has 0 saturated carbocycles. The van der Waals surface area contributed by atoms with Crippen LogP contribution in [0.3, 0.4) is 0 Å². The molecule has 2 aliphatic rings. The SMILES string of the molecule is Cl.O.O.OC[C@H]1O[C@@H](O[C@H]2[C@H](O)[C@@H](O)C(O)O[C@@H]2CO)[C@H](O)[C@@H](O)[C@H]1O. The molecule has 0 aliphatic carbocycles. The zero-order valence-electron chi connectivity index (χ0n) is 13.4. The lowest BCUT2D eigenvalue weighted by molar-refractivity contribution is -0.355. The van der Waals surface area contributed by atoms with Crippen molar-refractivity contribution in [1.29, 1.82) is 0 Å². The minimum absolute atomic E-state index is 0. The van der Waals surface area contributed by atoms with Crippen molar-refractivity contribution in [2.24, 2.45) is 0 Å². The Morgan fingerprint density at radius 3 is 1.69 bits per heavy atom. The van der Waals surface area contributed by atoms with Crippen molar-refractivity contribution < 1.29 is 66.0 Å². The highest BCUT2D eigenvalue weighted by Crippen LogP contribution is 2.28. The minimum atomic E-state index is -1.74. The monoisotopic (exact) mass is 414 g/mol. The Labute approximate surface area is 154 Å². The van der Waals surface area contributed by atoms with Crippen molar-refractivity contribution in [3.63, 3.8) is 0 Å². The summed E-state index contributed by atoms with van der Waals surface area (Å²) in [5.41, 5.74) is 0. The van der Waals surface area contributed by atoms with Gasteiger partial charge in [0.25, 0.3) is 0 Å². The third-order valence-corrected chi connectivity index (χ3v) is 3.98. The van der Waals surface area contributed by atoms with E-state index in [1.165, 1.54) is 0 Å². The van der Waals surface area contributed by atoms with Crippen LogP contribution in [-0.2, 0) is 14.2 Å². The second kappa shape index (κ2) is 11.6. The molecule has 2 fully saturated rings. The Bertz CT molecular complexity index is 386. The molecule has 2 rings (SSSR count). The van der Waals surface area contributed by atoms with E-state index in [0.717, 1.165) is 0 Å². The number of aliphatic hydroxyl groups is 8. The molecule has 0 aromatic carbocycles. The summed E-state index contributed by atoms with van der Waals surface area (Å²) in [6.45, 7) is -1.35. The summed E-state index contributed by atoms with van der Waals surface area (Å²) in [4.78, 5) is 0. The summed E-state index contributed by atoms with van der Waals surface area (Å²) < 4.78 is 15.3. The first kappa shape index (κ1) is 28.0. The zero-order chi connectivity index (χ0) is 17.3. The van der Waals surface area contributed by atoms with E-state index in [1.807, 2.05) is 0 Å². The van der Waals surface area contributed by atoms with Crippen molar-refractivity contribution >= 4 is 12.4 Å². The van der Waals surface area contributed by atoms with Gasteiger partial charge in [0.05, 0.1) is 13.2 Å². The summed E-state index contributed by atoms with van der Waals surface area (Å²) in [5, 5.41) is 76.5. The molecule has 26 heavy (non-hydrogen) atoms. The molecule has 0 aromatic heterocycles. The Morgan fingerprint density at radius 1 is 0.654 bits per heavy atom. The van der Waals surface area contributed by atoms with E-state index in [1.54, 1.807) is 0 Å². The van der Waals surface area contributed by atoms with Gasteiger partial charge in [0, 0.05) is 0 Å². The molecule has 0 aromatic rings. The first-order valence-electron chi connectivity index (χ1n) is 7.08. The average Bonchev–Trinajstić information content (AvgIpc) is 2.55. The fourth-order valence-electron chi connectivity index (χ4n) is 2.57. The second-order valence-electron chi connectivity index (χ2n) is 5.53. The van der Waals surface area contributed by atoms with E-state index in [2.05, 4.69) is 0 Å². The highest BCUT2D eigenvalue weighted by atomic mass is 35.5.